The van der Waals surface area contributed by atoms with Crippen molar-refractivity contribution < 1.29 is 4.74 Å². The highest BCUT2D eigenvalue weighted by molar-refractivity contribution is 5.79. The largest absolute Gasteiger partial charge is 0.382 e. The summed E-state index contributed by atoms with van der Waals surface area (Å²) in [6.07, 6.45) is 2.16. The van der Waals surface area contributed by atoms with Gasteiger partial charge in [-0.25, -0.2) is 0 Å². The molecule has 0 aliphatic heterocycles. The lowest BCUT2D eigenvalue weighted by molar-refractivity contribution is 0.143. The zero-order valence-corrected chi connectivity index (χ0v) is 15.1. The first-order valence-corrected chi connectivity index (χ1v) is 8.40. The Hall–Kier alpha value is -1.59. The molecule has 0 bridgehead atoms. The maximum Gasteiger partial charge on any atom is 0.191 e. The van der Waals surface area contributed by atoms with Gasteiger partial charge in [-0.05, 0) is 45.0 Å². The van der Waals surface area contributed by atoms with Crippen molar-refractivity contribution >= 4 is 5.96 Å². The highest BCUT2D eigenvalue weighted by atomic mass is 16.5. The molecule has 0 aliphatic carbocycles. The minimum Gasteiger partial charge on any atom is -0.382 e. The summed E-state index contributed by atoms with van der Waals surface area (Å²) in [6, 6.07) is 8.65. The van der Waals surface area contributed by atoms with Crippen LogP contribution >= 0.6 is 0 Å². The summed E-state index contributed by atoms with van der Waals surface area (Å²) in [5.41, 5.74) is 2.59. The summed E-state index contributed by atoms with van der Waals surface area (Å²) in [5.74, 6) is 0.847. The second kappa shape index (κ2) is 11.9. The summed E-state index contributed by atoms with van der Waals surface area (Å²) >= 11 is 0. The summed E-state index contributed by atoms with van der Waals surface area (Å²) in [6.45, 7) is 6.30. The molecule has 0 aliphatic rings. The number of ether oxygens (including phenoxy) is 1. The number of hydrogen-bond acceptors (Lipinski definition) is 3. The number of hydrogen-bond donors (Lipinski definition) is 2. The fourth-order valence-electron chi connectivity index (χ4n) is 2.29. The van der Waals surface area contributed by atoms with E-state index in [-0.39, 0.29) is 0 Å². The number of nitrogens with zero attached hydrogens (tertiary/aromatic N) is 2. The van der Waals surface area contributed by atoms with Crippen LogP contribution in [0.5, 0.6) is 0 Å². The smallest absolute Gasteiger partial charge is 0.191 e. The molecule has 0 unspecified atom stereocenters. The molecule has 0 fully saturated rings. The van der Waals surface area contributed by atoms with Crippen LogP contribution in [0, 0.1) is 0 Å². The van der Waals surface area contributed by atoms with Crippen LogP contribution in [-0.2, 0) is 17.8 Å². The first-order chi connectivity index (χ1) is 11.2. The lowest BCUT2D eigenvalue weighted by atomic mass is 10.1. The lowest BCUT2D eigenvalue weighted by Crippen LogP contribution is -2.37. The van der Waals surface area contributed by atoms with Crippen molar-refractivity contribution in [3.63, 3.8) is 0 Å². The van der Waals surface area contributed by atoms with Gasteiger partial charge in [-0.15, -0.1) is 0 Å². The van der Waals surface area contributed by atoms with E-state index in [2.05, 4.69) is 58.9 Å². The highest BCUT2D eigenvalue weighted by Gasteiger charge is 2.00. The third-order valence-electron chi connectivity index (χ3n) is 3.39. The van der Waals surface area contributed by atoms with Gasteiger partial charge in [-0.1, -0.05) is 24.3 Å². The molecule has 5 heteroatoms. The van der Waals surface area contributed by atoms with Gasteiger partial charge in [0.25, 0.3) is 0 Å². The summed E-state index contributed by atoms with van der Waals surface area (Å²) in [5, 5.41) is 6.70. The third kappa shape index (κ3) is 9.21. The van der Waals surface area contributed by atoms with Crippen LogP contribution in [-0.4, -0.2) is 51.8 Å². The molecule has 0 heterocycles. The fraction of sp³-hybridized carbons (Fsp3) is 0.611. The van der Waals surface area contributed by atoms with Crippen LogP contribution in [0.1, 0.15) is 30.9 Å². The Morgan fingerprint density at radius 3 is 2.65 bits per heavy atom. The van der Waals surface area contributed by atoms with E-state index in [0.717, 1.165) is 51.6 Å². The molecule has 0 saturated heterocycles. The van der Waals surface area contributed by atoms with E-state index in [1.807, 2.05) is 6.92 Å². The van der Waals surface area contributed by atoms with E-state index in [9.17, 15) is 0 Å². The number of rotatable bonds is 10. The Labute approximate surface area is 141 Å². The second-order valence-corrected chi connectivity index (χ2v) is 5.81. The van der Waals surface area contributed by atoms with Crippen molar-refractivity contribution in [2.24, 2.45) is 4.99 Å². The van der Waals surface area contributed by atoms with Gasteiger partial charge in [0.05, 0.1) is 0 Å². The zero-order valence-electron chi connectivity index (χ0n) is 15.1. The molecule has 1 aromatic rings. The molecular weight excluding hydrogens is 288 g/mol. The van der Waals surface area contributed by atoms with Gasteiger partial charge in [0, 0.05) is 39.9 Å². The molecular formula is C18H32N4O. The van der Waals surface area contributed by atoms with Crippen LogP contribution in [0.3, 0.4) is 0 Å². The summed E-state index contributed by atoms with van der Waals surface area (Å²) in [7, 11) is 5.97. The van der Waals surface area contributed by atoms with Gasteiger partial charge in [-0.2, -0.15) is 0 Å². The van der Waals surface area contributed by atoms with Gasteiger partial charge in [0.1, 0.15) is 0 Å². The van der Waals surface area contributed by atoms with E-state index in [4.69, 9.17) is 4.74 Å². The minimum atomic E-state index is 0.778. The zero-order chi connectivity index (χ0) is 16.9. The molecule has 2 N–H and O–H groups in total. The van der Waals surface area contributed by atoms with Crippen molar-refractivity contribution in [2.45, 2.75) is 32.9 Å². The van der Waals surface area contributed by atoms with E-state index >= 15 is 0 Å². The van der Waals surface area contributed by atoms with Crippen LogP contribution in [0.25, 0.3) is 0 Å². The Balaban J connectivity index is 2.31. The predicted molar refractivity (Wildman–Crippen MR) is 97.8 cm³/mol. The van der Waals surface area contributed by atoms with E-state index in [1.165, 1.54) is 11.1 Å². The molecule has 23 heavy (non-hydrogen) atoms. The average molecular weight is 320 g/mol. The first kappa shape index (κ1) is 19.5. The maximum atomic E-state index is 5.33. The average Bonchev–Trinajstić information content (AvgIpc) is 2.53. The first-order valence-electron chi connectivity index (χ1n) is 8.40. The van der Waals surface area contributed by atoms with E-state index < -0.39 is 0 Å². The van der Waals surface area contributed by atoms with Crippen LogP contribution in [0.4, 0.5) is 0 Å². The minimum absolute atomic E-state index is 0.778. The predicted octanol–water partition coefficient (Wildman–Crippen LogP) is 2.23. The van der Waals surface area contributed by atoms with Crippen molar-refractivity contribution in [3.05, 3.63) is 35.4 Å². The number of aliphatic imine (C=N–C) groups is 1. The highest BCUT2D eigenvalue weighted by Crippen LogP contribution is 2.06. The Bertz CT molecular complexity index is 460. The van der Waals surface area contributed by atoms with Gasteiger partial charge in [0.15, 0.2) is 5.96 Å². The monoisotopic (exact) mass is 320 g/mol. The van der Waals surface area contributed by atoms with Crippen molar-refractivity contribution in [1.29, 1.82) is 0 Å². The second-order valence-electron chi connectivity index (χ2n) is 5.81. The van der Waals surface area contributed by atoms with Gasteiger partial charge < -0.3 is 20.3 Å². The number of unbranched alkanes of at least 4 members (excludes halogenated alkanes) is 1. The van der Waals surface area contributed by atoms with Gasteiger partial charge >= 0.3 is 0 Å². The molecule has 1 rings (SSSR count). The fourth-order valence-corrected chi connectivity index (χ4v) is 2.29. The molecule has 0 amide bonds. The number of nitrogens with one attached hydrogen (secondary N) is 2. The normalized spacial score (nSPS) is 11.8. The standard InChI is InChI=1S/C18H32N4O/c1-5-23-12-7-6-11-20-18(19-2)21-14-16-9-8-10-17(13-16)15-22(3)4/h8-10,13H,5-7,11-12,14-15H2,1-4H3,(H2,19,20,21). The van der Waals surface area contributed by atoms with Crippen molar-refractivity contribution in [3.8, 4) is 0 Å². The third-order valence-corrected chi connectivity index (χ3v) is 3.39. The molecule has 5 nitrogen and oxygen atoms in total. The number of guanidine groups is 1. The van der Waals surface area contributed by atoms with Crippen LogP contribution in [0.15, 0.2) is 29.3 Å². The topological polar surface area (TPSA) is 48.9 Å². The van der Waals surface area contributed by atoms with Crippen LogP contribution in [0.2, 0.25) is 0 Å². The van der Waals surface area contributed by atoms with Crippen molar-refractivity contribution in [2.75, 3.05) is 40.9 Å². The Morgan fingerprint density at radius 1 is 1.17 bits per heavy atom. The van der Waals surface area contributed by atoms with E-state index in [0.29, 0.717) is 0 Å². The van der Waals surface area contributed by atoms with Gasteiger partial charge in [0.2, 0.25) is 0 Å². The Kier molecular flexibility index (Phi) is 10.1. The van der Waals surface area contributed by atoms with Gasteiger partial charge in [-0.3, -0.25) is 4.99 Å². The number of benzene rings is 1. The Morgan fingerprint density at radius 2 is 1.96 bits per heavy atom. The summed E-state index contributed by atoms with van der Waals surface area (Å²) in [4.78, 5) is 6.44. The molecule has 0 saturated carbocycles. The molecule has 0 spiro atoms. The molecule has 130 valence electrons. The maximum absolute atomic E-state index is 5.33. The lowest BCUT2D eigenvalue weighted by Gasteiger charge is -2.13. The van der Waals surface area contributed by atoms with Crippen LogP contribution < -0.4 is 10.6 Å². The molecule has 0 radical (unpaired) electrons. The quantitative estimate of drug-likeness (QED) is 0.394. The summed E-state index contributed by atoms with van der Waals surface area (Å²) < 4.78 is 5.33. The molecule has 0 atom stereocenters. The molecule has 0 aromatic heterocycles. The van der Waals surface area contributed by atoms with Crippen molar-refractivity contribution in [1.82, 2.24) is 15.5 Å². The van der Waals surface area contributed by atoms with E-state index in [1.54, 1.807) is 7.05 Å². The SMILES string of the molecule is CCOCCCCNC(=NC)NCc1cccc(CN(C)C)c1. The molecule has 1 aromatic carbocycles.